The number of amides is 2. The van der Waals surface area contributed by atoms with E-state index in [4.69, 9.17) is 0 Å². The van der Waals surface area contributed by atoms with Gasteiger partial charge in [0, 0.05) is 31.2 Å². The number of piperidine rings is 1. The number of benzene rings is 1. The number of rotatable bonds is 5. The molecule has 2 saturated heterocycles. The van der Waals surface area contributed by atoms with Gasteiger partial charge in [0.05, 0.1) is 12.1 Å². The Morgan fingerprint density at radius 2 is 2.00 bits per heavy atom. The van der Waals surface area contributed by atoms with Crippen LogP contribution in [0.5, 0.6) is 0 Å². The van der Waals surface area contributed by atoms with Crippen molar-refractivity contribution >= 4 is 11.8 Å². The van der Waals surface area contributed by atoms with E-state index >= 15 is 0 Å². The molecule has 2 amide bonds. The smallest absolute Gasteiger partial charge is 0.228 e. The zero-order valence-electron chi connectivity index (χ0n) is 15.5. The Balaban J connectivity index is 1.28. The van der Waals surface area contributed by atoms with Gasteiger partial charge in [0.25, 0.3) is 0 Å². The third kappa shape index (κ3) is 3.89. The minimum Gasteiger partial charge on any atom is -0.350 e. The highest BCUT2D eigenvalue weighted by Gasteiger charge is 2.46. The molecule has 0 radical (unpaired) electrons. The summed E-state index contributed by atoms with van der Waals surface area (Å²) in [7, 11) is 0. The number of aromatic nitrogens is 2. The molecule has 2 aliphatic rings. The number of carbonyl (C=O) groups excluding carboxylic acids is 2. The fourth-order valence-corrected chi connectivity index (χ4v) is 4.37. The van der Waals surface area contributed by atoms with Gasteiger partial charge in [-0.2, -0.15) is 5.10 Å². The molecular formula is C21H26N4O2. The average Bonchev–Trinajstić information content (AvgIpc) is 3.31. The Labute approximate surface area is 159 Å². The van der Waals surface area contributed by atoms with Gasteiger partial charge in [0.15, 0.2) is 0 Å². The predicted octanol–water partition coefficient (Wildman–Crippen LogP) is 2.40. The van der Waals surface area contributed by atoms with E-state index in [1.807, 2.05) is 41.4 Å². The topological polar surface area (TPSA) is 78.1 Å². The van der Waals surface area contributed by atoms with Crippen molar-refractivity contribution in [3.63, 3.8) is 0 Å². The first kappa shape index (κ1) is 17.8. The molecule has 2 fully saturated rings. The molecule has 2 aliphatic heterocycles. The zero-order chi connectivity index (χ0) is 18.7. The first-order valence-corrected chi connectivity index (χ1v) is 9.78. The standard InChI is InChI=1S/C21H26N4O2/c26-19(8-4-5-16-14-22-23-15-16)25-11-9-21(10-12-25)13-18(20(27)24-21)17-6-2-1-3-7-17/h1-3,6-7,14-15,18H,4-5,8-13H2,(H,22,23)(H,24,27)/t18-/m0/s1. The second kappa shape index (κ2) is 7.55. The van der Waals surface area contributed by atoms with Crippen LogP contribution in [-0.2, 0) is 16.0 Å². The van der Waals surface area contributed by atoms with E-state index in [1.54, 1.807) is 6.20 Å². The number of H-pyrrole nitrogens is 1. The molecule has 0 bridgehead atoms. The number of likely N-dealkylation sites (tertiary alicyclic amines) is 1. The molecule has 0 saturated carbocycles. The number of hydrogen-bond donors (Lipinski definition) is 2. The number of aryl methyl sites for hydroxylation is 1. The molecule has 27 heavy (non-hydrogen) atoms. The summed E-state index contributed by atoms with van der Waals surface area (Å²) in [5.74, 6) is 0.279. The summed E-state index contributed by atoms with van der Waals surface area (Å²) in [4.78, 5) is 27.0. The molecule has 6 heteroatoms. The van der Waals surface area contributed by atoms with Crippen LogP contribution in [0.4, 0.5) is 0 Å². The van der Waals surface area contributed by atoms with Crippen molar-refractivity contribution in [2.45, 2.75) is 50.0 Å². The summed E-state index contributed by atoms with van der Waals surface area (Å²) in [6.07, 6.45) is 8.48. The van der Waals surface area contributed by atoms with Crippen molar-refractivity contribution in [1.29, 1.82) is 0 Å². The fraction of sp³-hybridized carbons (Fsp3) is 0.476. The van der Waals surface area contributed by atoms with Crippen LogP contribution in [-0.4, -0.2) is 45.5 Å². The van der Waals surface area contributed by atoms with Gasteiger partial charge in [0.1, 0.15) is 0 Å². The molecule has 0 aliphatic carbocycles. The van der Waals surface area contributed by atoms with Crippen LogP contribution >= 0.6 is 0 Å². The minimum absolute atomic E-state index is 0.0663. The second-order valence-corrected chi connectivity index (χ2v) is 7.78. The lowest BCUT2D eigenvalue weighted by Gasteiger charge is -2.39. The molecule has 1 aromatic carbocycles. The van der Waals surface area contributed by atoms with E-state index in [2.05, 4.69) is 15.5 Å². The molecule has 4 rings (SSSR count). The lowest BCUT2D eigenvalue weighted by atomic mass is 9.82. The molecule has 6 nitrogen and oxygen atoms in total. The highest BCUT2D eigenvalue weighted by molar-refractivity contribution is 5.87. The maximum atomic E-state index is 12.5. The number of nitrogens with one attached hydrogen (secondary N) is 2. The van der Waals surface area contributed by atoms with Crippen molar-refractivity contribution in [2.24, 2.45) is 0 Å². The number of carbonyl (C=O) groups is 2. The summed E-state index contributed by atoms with van der Waals surface area (Å²) < 4.78 is 0. The Morgan fingerprint density at radius 3 is 2.70 bits per heavy atom. The maximum Gasteiger partial charge on any atom is 0.228 e. The second-order valence-electron chi connectivity index (χ2n) is 7.78. The predicted molar refractivity (Wildman–Crippen MR) is 102 cm³/mol. The van der Waals surface area contributed by atoms with Crippen molar-refractivity contribution in [2.75, 3.05) is 13.1 Å². The Morgan fingerprint density at radius 1 is 1.22 bits per heavy atom. The van der Waals surface area contributed by atoms with E-state index in [0.717, 1.165) is 56.3 Å². The van der Waals surface area contributed by atoms with Crippen LogP contribution in [0.15, 0.2) is 42.7 Å². The molecule has 2 N–H and O–H groups in total. The Hall–Kier alpha value is -2.63. The van der Waals surface area contributed by atoms with Crippen molar-refractivity contribution in [3.05, 3.63) is 53.9 Å². The lowest BCUT2D eigenvalue weighted by Crippen LogP contribution is -2.52. The summed E-state index contributed by atoms with van der Waals surface area (Å²) in [6, 6.07) is 10.0. The quantitative estimate of drug-likeness (QED) is 0.853. The van der Waals surface area contributed by atoms with Crippen LogP contribution in [0, 0.1) is 0 Å². The summed E-state index contributed by atoms with van der Waals surface area (Å²) >= 11 is 0. The van der Waals surface area contributed by atoms with Gasteiger partial charge in [-0.1, -0.05) is 30.3 Å². The first-order valence-electron chi connectivity index (χ1n) is 9.78. The molecular weight excluding hydrogens is 340 g/mol. The van der Waals surface area contributed by atoms with Gasteiger partial charge in [0.2, 0.25) is 11.8 Å². The number of hydrogen-bond acceptors (Lipinski definition) is 3. The van der Waals surface area contributed by atoms with Gasteiger partial charge >= 0.3 is 0 Å². The van der Waals surface area contributed by atoms with Gasteiger partial charge < -0.3 is 10.2 Å². The van der Waals surface area contributed by atoms with E-state index in [-0.39, 0.29) is 23.3 Å². The normalized spacial score (nSPS) is 21.4. The highest BCUT2D eigenvalue weighted by Crippen LogP contribution is 2.39. The van der Waals surface area contributed by atoms with Crippen LogP contribution in [0.2, 0.25) is 0 Å². The Kier molecular flexibility index (Phi) is 4.97. The van der Waals surface area contributed by atoms with Gasteiger partial charge in [-0.25, -0.2) is 0 Å². The lowest BCUT2D eigenvalue weighted by molar-refractivity contribution is -0.133. The average molecular weight is 366 g/mol. The van der Waals surface area contributed by atoms with Gasteiger partial charge in [-0.05, 0) is 43.2 Å². The van der Waals surface area contributed by atoms with Crippen molar-refractivity contribution in [3.8, 4) is 0 Å². The van der Waals surface area contributed by atoms with Crippen molar-refractivity contribution in [1.82, 2.24) is 20.4 Å². The SMILES string of the molecule is O=C1NC2(CCN(C(=O)CCCc3cn[nH]c3)CC2)C[C@H]1c1ccccc1. The van der Waals surface area contributed by atoms with Crippen molar-refractivity contribution < 1.29 is 9.59 Å². The largest absolute Gasteiger partial charge is 0.350 e. The Bertz CT molecular complexity index is 780. The molecule has 142 valence electrons. The van der Waals surface area contributed by atoms with E-state index in [1.165, 1.54) is 0 Å². The van der Waals surface area contributed by atoms with Crippen LogP contribution < -0.4 is 5.32 Å². The van der Waals surface area contributed by atoms with E-state index in [0.29, 0.717) is 6.42 Å². The fourth-order valence-electron chi connectivity index (χ4n) is 4.37. The minimum atomic E-state index is -0.148. The number of aromatic amines is 1. The summed E-state index contributed by atoms with van der Waals surface area (Å²) in [6.45, 7) is 1.46. The van der Waals surface area contributed by atoms with Crippen LogP contribution in [0.3, 0.4) is 0 Å². The monoisotopic (exact) mass is 366 g/mol. The summed E-state index contributed by atoms with van der Waals surface area (Å²) in [5.41, 5.74) is 2.08. The van der Waals surface area contributed by atoms with Gasteiger partial charge in [-0.15, -0.1) is 0 Å². The third-order valence-corrected chi connectivity index (χ3v) is 5.99. The molecule has 1 atom stereocenters. The summed E-state index contributed by atoms with van der Waals surface area (Å²) in [5, 5.41) is 9.98. The molecule has 1 spiro atoms. The molecule has 0 unspecified atom stereocenters. The van der Waals surface area contributed by atoms with E-state index in [9.17, 15) is 9.59 Å². The van der Waals surface area contributed by atoms with Crippen LogP contribution in [0.1, 0.15) is 49.1 Å². The maximum absolute atomic E-state index is 12.5. The highest BCUT2D eigenvalue weighted by atomic mass is 16.2. The van der Waals surface area contributed by atoms with E-state index < -0.39 is 0 Å². The first-order chi connectivity index (χ1) is 13.2. The zero-order valence-corrected chi connectivity index (χ0v) is 15.5. The van der Waals surface area contributed by atoms with Gasteiger partial charge in [-0.3, -0.25) is 14.7 Å². The van der Waals surface area contributed by atoms with Crippen LogP contribution in [0.25, 0.3) is 0 Å². The molecule has 3 heterocycles. The third-order valence-electron chi connectivity index (χ3n) is 5.99. The molecule has 2 aromatic rings. The molecule has 1 aromatic heterocycles. The number of nitrogens with zero attached hydrogens (tertiary/aromatic N) is 2.